The van der Waals surface area contributed by atoms with E-state index >= 15 is 0 Å². The number of rotatable bonds is 7. The second-order valence-corrected chi connectivity index (χ2v) is 7.73. The van der Waals surface area contributed by atoms with Gasteiger partial charge in [-0.05, 0) is 36.4 Å². The third kappa shape index (κ3) is 4.77. The summed E-state index contributed by atoms with van der Waals surface area (Å²) in [6.07, 6.45) is 0. The number of ether oxygens (including phenoxy) is 3. The predicted molar refractivity (Wildman–Crippen MR) is 98.2 cm³/mol. The molecule has 0 atom stereocenters. The van der Waals surface area contributed by atoms with Gasteiger partial charge in [-0.3, -0.25) is 0 Å². The Morgan fingerprint density at radius 1 is 1.00 bits per heavy atom. The molecule has 0 saturated carbocycles. The van der Waals surface area contributed by atoms with Crippen molar-refractivity contribution in [1.29, 1.82) is 5.26 Å². The van der Waals surface area contributed by atoms with Crippen LogP contribution in [0.2, 0.25) is 0 Å². The van der Waals surface area contributed by atoms with Crippen molar-refractivity contribution in [3.05, 3.63) is 54.1 Å². The lowest BCUT2D eigenvalue weighted by Gasteiger charge is -2.26. The van der Waals surface area contributed by atoms with Crippen LogP contribution in [0.5, 0.6) is 11.5 Å². The van der Waals surface area contributed by atoms with Crippen molar-refractivity contribution in [3.63, 3.8) is 0 Å². The molecule has 0 bridgehead atoms. The molecule has 0 radical (unpaired) electrons. The second kappa shape index (κ2) is 8.86. The van der Waals surface area contributed by atoms with Gasteiger partial charge in [-0.2, -0.15) is 9.57 Å². The molecule has 0 amide bonds. The maximum atomic E-state index is 12.6. The number of para-hydroxylation sites is 1. The minimum absolute atomic E-state index is 0.232. The van der Waals surface area contributed by atoms with Gasteiger partial charge in [0.1, 0.15) is 30.8 Å². The van der Waals surface area contributed by atoms with E-state index in [0.717, 1.165) is 0 Å². The molecule has 1 saturated heterocycles. The van der Waals surface area contributed by atoms with Crippen LogP contribution in [0.3, 0.4) is 0 Å². The predicted octanol–water partition coefficient (Wildman–Crippen LogP) is 2.04. The molecule has 8 heteroatoms. The van der Waals surface area contributed by atoms with E-state index in [0.29, 0.717) is 43.4 Å². The monoisotopic (exact) mass is 388 g/mol. The maximum Gasteiger partial charge on any atom is 0.243 e. The lowest BCUT2D eigenvalue weighted by atomic mass is 10.2. The first-order valence-electron chi connectivity index (χ1n) is 8.54. The molecule has 0 aliphatic carbocycles. The van der Waals surface area contributed by atoms with Crippen LogP contribution in [0.4, 0.5) is 0 Å². The summed E-state index contributed by atoms with van der Waals surface area (Å²) in [6.45, 7) is 2.09. The van der Waals surface area contributed by atoms with Crippen molar-refractivity contribution >= 4 is 10.0 Å². The Morgan fingerprint density at radius 3 is 2.37 bits per heavy atom. The standard InChI is InChI=1S/C19H20N2O5S/c20-15-16-3-1-2-4-19(16)26-14-13-25-17-5-7-18(8-6-17)27(22,23)21-9-11-24-12-10-21/h1-8H,9-14H2. The molecular formula is C19H20N2O5S. The van der Waals surface area contributed by atoms with E-state index in [-0.39, 0.29) is 18.1 Å². The molecule has 1 aliphatic rings. The van der Waals surface area contributed by atoms with Crippen molar-refractivity contribution in [1.82, 2.24) is 4.31 Å². The van der Waals surface area contributed by atoms with E-state index in [2.05, 4.69) is 6.07 Å². The fraction of sp³-hybridized carbons (Fsp3) is 0.316. The summed E-state index contributed by atoms with van der Waals surface area (Å²) in [5.74, 6) is 1.06. The Balaban J connectivity index is 1.53. The number of nitrogens with zero attached hydrogens (tertiary/aromatic N) is 2. The lowest BCUT2D eigenvalue weighted by molar-refractivity contribution is 0.0730. The van der Waals surface area contributed by atoms with Crippen molar-refractivity contribution in [2.24, 2.45) is 0 Å². The summed E-state index contributed by atoms with van der Waals surface area (Å²) in [7, 11) is -3.51. The van der Waals surface area contributed by atoms with Crippen LogP contribution in [-0.2, 0) is 14.8 Å². The van der Waals surface area contributed by atoms with Gasteiger partial charge in [-0.15, -0.1) is 0 Å². The average molecular weight is 388 g/mol. The molecule has 7 nitrogen and oxygen atoms in total. The molecule has 27 heavy (non-hydrogen) atoms. The quantitative estimate of drug-likeness (QED) is 0.675. The van der Waals surface area contributed by atoms with Gasteiger partial charge in [0.15, 0.2) is 0 Å². The first-order chi connectivity index (χ1) is 13.1. The average Bonchev–Trinajstić information content (AvgIpc) is 2.72. The molecule has 0 N–H and O–H groups in total. The smallest absolute Gasteiger partial charge is 0.243 e. The zero-order valence-corrected chi connectivity index (χ0v) is 15.5. The SMILES string of the molecule is N#Cc1ccccc1OCCOc1ccc(S(=O)(=O)N2CCOCC2)cc1. The summed E-state index contributed by atoms with van der Waals surface area (Å²) < 4.78 is 42.9. The fourth-order valence-electron chi connectivity index (χ4n) is 2.64. The van der Waals surface area contributed by atoms with Crippen LogP contribution in [0.1, 0.15) is 5.56 Å². The molecule has 0 aromatic heterocycles. The highest BCUT2D eigenvalue weighted by molar-refractivity contribution is 7.89. The molecule has 2 aromatic carbocycles. The molecule has 1 heterocycles. The summed E-state index contributed by atoms with van der Waals surface area (Å²) in [4.78, 5) is 0.232. The molecule has 3 rings (SSSR count). The highest BCUT2D eigenvalue weighted by Crippen LogP contribution is 2.21. The molecule has 2 aromatic rings. The van der Waals surface area contributed by atoms with E-state index in [4.69, 9.17) is 19.5 Å². The topological polar surface area (TPSA) is 88.9 Å². The Morgan fingerprint density at radius 2 is 1.67 bits per heavy atom. The Kier molecular flexibility index (Phi) is 6.29. The van der Waals surface area contributed by atoms with Crippen molar-refractivity contribution in [2.45, 2.75) is 4.90 Å². The second-order valence-electron chi connectivity index (χ2n) is 5.79. The van der Waals surface area contributed by atoms with E-state index in [1.807, 2.05) is 0 Å². The highest BCUT2D eigenvalue weighted by Gasteiger charge is 2.26. The van der Waals surface area contributed by atoms with Gasteiger partial charge >= 0.3 is 0 Å². The van der Waals surface area contributed by atoms with Gasteiger partial charge < -0.3 is 14.2 Å². The summed E-state index contributed by atoms with van der Waals surface area (Å²) in [5, 5.41) is 9.02. The number of hydrogen-bond acceptors (Lipinski definition) is 6. The molecule has 0 spiro atoms. The molecule has 0 unspecified atom stereocenters. The lowest BCUT2D eigenvalue weighted by Crippen LogP contribution is -2.40. The maximum absolute atomic E-state index is 12.6. The zero-order chi connectivity index (χ0) is 19.1. The van der Waals surface area contributed by atoms with E-state index < -0.39 is 10.0 Å². The first kappa shape index (κ1) is 19.2. The number of benzene rings is 2. The Hall–Kier alpha value is -2.60. The van der Waals surface area contributed by atoms with Gasteiger partial charge in [-0.25, -0.2) is 8.42 Å². The number of morpholine rings is 1. The van der Waals surface area contributed by atoms with Crippen LogP contribution in [-0.4, -0.2) is 52.2 Å². The van der Waals surface area contributed by atoms with Crippen LogP contribution in [0.25, 0.3) is 0 Å². The Labute approximate surface area is 158 Å². The first-order valence-corrected chi connectivity index (χ1v) is 9.98. The van der Waals surface area contributed by atoms with Gasteiger partial charge in [0.05, 0.1) is 23.7 Å². The fourth-order valence-corrected chi connectivity index (χ4v) is 4.05. The van der Waals surface area contributed by atoms with Crippen LogP contribution >= 0.6 is 0 Å². The minimum Gasteiger partial charge on any atom is -0.490 e. The molecule has 1 fully saturated rings. The summed E-state index contributed by atoms with van der Waals surface area (Å²) in [5.41, 5.74) is 0.468. The van der Waals surface area contributed by atoms with E-state index in [9.17, 15) is 8.42 Å². The molecule has 1 aliphatic heterocycles. The van der Waals surface area contributed by atoms with Crippen molar-refractivity contribution in [3.8, 4) is 17.6 Å². The number of sulfonamides is 1. The van der Waals surface area contributed by atoms with Crippen LogP contribution in [0, 0.1) is 11.3 Å². The van der Waals surface area contributed by atoms with Gasteiger partial charge in [0.2, 0.25) is 10.0 Å². The highest BCUT2D eigenvalue weighted by atomic mass is 32.2. The number of hydrogen-bond donors (Lipinski definition) is 0. The van der Waals surface area contributed by atoms with Gasteiger partial charge in [0, 0.05) is 13.1 Å². The van der Waals surface area contributed by atoms with Gasteiger partial charge in [-0.1, -0.05) is 12.1 Å². The van der Waals surface area contributed by atoms with Gasteiger partial charge in [0.25, 0.3) is 0 Å². The third-order valence-corrected chi connectivity index (χ3v) is 5.96. The van der Waals surface area contributed by atoms with E-state index in [1.165, 1.54) is 16.4 Å². The summed E-state index contributed by atoms with van der Waals surface area (Å²) >= 11 is 0. The molecular weight excluding hydrogens is 368 g/mol. The van der Waals surface area contributed by atoms with E-state index in [1.54, 1.807) is 36.4 Å². The van der Waals surface area contributed by atoms with Crippen molar-refractivity contribution < 1.29 is 22.6 Å². The third-order valence-electron chi connectivity index (χ3n) is 4.05. The zero-order valence-electron chi connectivity index (χ0n) is 14.7. The Bertz CT molecular complexity index is 900. The number of nitriles is 1. The van der Waals surface area contributed by atoms with Crippen LogP contribution in [0.15, 0.2) is 53.4 Å². The largest absolute Gasteiger partial charge is 0.490 e. The summed E-state index contributed by atoms with van der Waals surface area (Å²) in [6, 6.07) is 15.4. The molecule has 142 valence electrons. The van der Waals surface area contributed by atoms with Crippen LogP contribution < -0.4 is 9.47 Å². The normalized spacial score (nSPS) is 15.1. The van der Waals surface area contributed by atoms with Crippen molar-refractivity contribution in [2.75, 3.05) is 39.5 Å². The minimum atomic E-state index is -3.51.